The minimum absolute atomic E-state index is 0.124. The van der Waals surface area contributed by atoms with E-state index in [9.17, 15) is 14.7 Å². The summed E-state index contributed by atoms with van der Waals surface area (Å²) in [6.07, 6.45) is 2.99. The maximum Gasteiger partial charge on any atom is 0.311 e. The maximum atomic E-state index is 12.1. The van der Waals surface area contributed by atoms with E-state index in [4.69, 9.17) is 9.84 Å². The first-order chi connectivity index (χ1) is 9.99. The number of likely N-dealkylation sites (N-methyl/N-ethyl adjacent to an activating group) is 1. The van der Waals surface area contributed by atoms with Gasteiger partial charge in [0, 0.05) is 13.1 Å². The van der Waals surface area contributed by atoms with Crippen LogP contribution < -0.4 is 0 Å². The van der Waals surface area contributed by atoms with Crippen LogP contribution in [0.2, 0.25) is 0 Å². The summed E-state index contributed by atoms with van der Waals surface area (Å²) in [5, 5.41) is 18.3. The molecule has 1 saturated heterocycles. The highest BCUT2D eigenvalue weighted by Gasteiger charge is 2.37. The van der Waals surface area contributed by atoms with Crippen molar-refractivity contribution in [2.24, 2.45) is 5.92 Å². The van der Waals surface area contributed by atoms with E-state index < -0.39 is 17.9 Å². The van der Waals surface area contributed by atoms with E-state index >= 15 is 0 Å². The Bertz CT molecular complexity index is 552. The second-order valence-corrected chi connectivity index (χ2v) is 4.92. The van der Waals surface area contributed by atoms with E-state index in [1.807, 2.05) is 0 Å². The van der Waals surface area contributed by atoms with Crippen molar-refractivity contribution in [1.29, 1.82) is 0 Å². The molecule has 1 aliphatic heterocycles. The van der Waals surface area contributed by atoms with Crippen LogP contribution in [0.25, 0.3) is 6.08 Å². The molecule has 1 aromatic carbocycles. The molecule has 112 valence electrons. The van der Waals surface area contributed by atoms with Crippen LogP contribution in [0.1, 0.15) is 5.56 Å². The number of carbonyl (C=O) groups is 2. The van der Waals surface area contributed by atoms with Gasteiger partial charge in [0.15, 0.2) is 0 Å². The number of rotatable bonds is 4. The third-order valence-corrected chi connectivity index (χ3v) is 3.52. The number of aromatic hydroxyl groups is 1. The van der Waals surface area contributed by atoms with E-state index in [0.29, 0.717) is 0 Å². The summed E-state index contributed by atoms with van der Waals surface area (Å²) in [7, 11) is 1.57. The number of nitrogens with zero attached hydrogens (tertiary/aromatic N) is 1. The van der Waals surface area contributed by atoms with Crippen LogP contribution in [-0.2, 0) is 14.3 Å². The third-order valence-electron chi connectivity index (χ3n) is 3.52. The number of hydrogen-bond donors (Lipinski definition) is 2. The van der Waals surface area contributed by atoms with Crippen LogP contribution in [0.4, 0.5) is 0 Å². The first-order valence-corrected chi connectivity index (χ1v) is 6.53. The first kappa shape index (κ1) is 15.1. The zero-order valence-electron chi connectivity index (χ0n) is 11.6. The lowest BCUT2D eigenvalue weighted by Gasteiger charge is -2.25. The summed E-state index contributed by atoms with van der Waals surface area (Å²) in [5.74, 6) is -1.78. The average molecular weight is 291 g/mol. The van der Waals surface area contributed by atoms with E-state index in [2.05, 4.69) is 0 Å². The van der Waals surface area contributed by atoms with Crippen molar-refractivity contribution in [2.45, 2.75) is 6.04 Å². The Kier molecular flexibility index (Phi) is 4.59. The predicted molar refractivity (Wildman–Crippen MR) is 75.6 cm³/mol. The Balaban J connectivity index is 2.02. The summed E-state index contributed by atoms with van der Waals surface area (Å²) in [4.78, 5) is 24.6. The Hall–Kier alpha value is -2.34. The molecule has 6 nitrogen and oxygen atoms in total. The number of carboxylic acids is 1. The van der Waals surface area contributed by atoms with Gasteiger partial charge in [-0.2, -0.15) is 0 Å². The van der Waals surface area contributed by atoms with E-state index in [1.165, 1.54) is 23.1 Å². The van der Waals surface area contributed by atoms with Gasteiger partial charge >= 0.3 is 5.97 Å². The lowest BCUT2D eigenvalue weighted by atomic mass is 10.0. The molecule has 0 radical (unpaired) electrons. The van der Waals surface area contributed by atoms with Gasteiger partial charge in [-0.3, -0.25) is 9.59 Å². The summed E-state index contributed by atoms with van der Waals surface area (Å²) in [5.41, 5.74) is 0.770. The van der Waals surface area contributed by atoms with Crippen molar-refractivity contribution in [3.8, 4) is 5.75 Å². The molecule has 0 aliphatic carbocycles. The Morgan fingerprint density at radius 2 is 1.95 bits per heavy atom. The first-order valence-electron chi connectivity index (χ1n) is 6.53. The lowest BCUT2D eigenvalue weighted by Crippen LogP contribution is -2.43. The number of hydrogen-bond acceptors (Lipinski definition) is 4. The van der Waals surface area contributed by atoms with Crippen LogP contribution in [0.15, 0.2) is 30.3 Å². The summed E-state index contributed by atoms with van der Waals surface area (Å²) in [6, 6.07) is 5.95. The number of ether oxygens (including phenoxy) is 1. The van der Waals surface area contributed by atoms with Gasteiger partial charge in [0.1, 0.15) is 11.7 Å². The van der Waals surface area contributed by atoms with Crippen molar-refractivity contribution >= 4 is 18.0 Å². The molecule has 0 spiro atoms. The average Bonchev–Trinajstić information content (AvgIpc) is 2.95. The molecule has 2 atom stereocenters. The molecule has 21 heavy (non-hydrogen) atoms. The summed E-state index contributed by atoms with van der Waals surface area (Å²) in [6.45, 7) is 0.353. The molecule has 0 aromatic heterocycles. The fourth-order valence-electron chi connectivity index (χ4n) is 2.19. The van der Waals surface area contributed by atoms with Gasteiger partial charge in [-0.05, 0) is 23.8 Å². The van der Waals surface area contributed by atoms with Gasteiger partial charge in [0.05, 0.1) is 19.3 Å². The topological polar surface area (TPSA) is 87.1 Å². The van der Waals surface area contributed by atoms with Gasteiger partial charge < -0.3 is 19.8 Å². The van der Waals surface area contributed by atoms with Crippen molar-refractivity contribution < 1.29 is 24.5 Å². The highest BCUT2D eigenvalue weighted by Crippen LogP contribution is 2.19. The highest BCUT2D eigenvalue weighted by molar-refractivity contribution is 5.92. The molecule has 1 aromatic rings. The maximum absolute atomic E-state index is 12.1. The number of carbonyl (C=O) groups excluding carboxylic acids is 1. The lowest BCUT2D eigenvalue weighted by molar-refractivity contribution is -0.143. The fourth-order valence-corrected chi connectivity index (χ4v) is 2.19. The molecule has 1 fully saturated rings. The minimum Gasteiger partial charge on any atom is -0.508 e. The number of phenols is 1. The molecular weight excluding hydrogens is 274 g/mol. The third kappa shape index (κ3) is 3.61. The normalized spacial score (nSPS) is 21.6. The predicted octanol–water partition coefficient (Wildman–Crippen LogP) is 0.963. The monoisotopic (exact) mass is 291 g/mol. The van der Waals surface area contributed by atoms with Crippen molar-refractivity contribution in [3.63, 3.8) is 0 Å². The van der Waals surface area contributed by atoms with E-state index in [-0.39, 0.29) is 24.9 Å². The molecule has 0 saturated carbocycles. The van der Waals surface area contributed by atoms with Crippen LogP contribution >= 0.6 is 0 Å². The number of aliphatic carboxylic acids is 1. The Labute approximate surface area is 122 Å². The molecule has 2 N–H and O–H groups in total. The van der Waals surface area contributed by atoms with Crippen LogP contribution in [0.5, 0.6) is 5.75 Å². The van der Waals surface area contributed by atoms with Gasteiger partial charge in [-0.15, -0.1) is 0 Å². The molecule has 1 aliphatic rings. The molecule has 1 amide bonds. The van der Waals surface area contributed by atoms with Crippen LogP contribution in [-0.4, -0.2) is 53.3 Å². The summed E-state index contributed by atoms with van der Waals surface area (Å²) < 4.78 is 5.15. The number of amides is 1. The Morgan fingerprint density at radius 1 is 1.29 bits per heavy atom. The molecule has 2 rings (SSSR count). The number of benzene rings is 1. The largest absolute Gasteiger partial charge is 0.508 e. The van der Waals surface area contributed by atoms with Gasteiger partial charge in [-0.25, -0.2) is 0 Å². The van der Waals surface area contributed by atoms with Crippen molar-refractivity contribution in [3.05, 3.63) is 35.9 Å². The molecule has 2 unspecified atom stereocenters. The molecular formula is C15H17NO5. The zero-order chi connectivity index (χ0) is 15.4. The zero-order valence-corrected chi connectivity index (χ0v) is 11.6. The van der Waals surface area contributed by atoms with E-state index in [0.717, 1.165) is 5.56 Å². The molecule has 1 heterocycles. The van der Waals surface area contributed by atoms with Gasteiger partial charge in [-0.1, -0.05) is 12.1 Å². The van der Waals surface area contributed by atoms with Crippen molar-refractivity contribution in [1.82, 2.24) is 4.90 Å². The van der Waals surface area contributed by atoms with Gasteiger partial charge in [0.25, 0.3) is 0 Å². The quantitative estimate of drug-likeness (QED) is 0.807. The highest BCUT2D eigenvalue weighted by atomic mass is 16.5. The SMILES string of the molecule is CN(C(=O)C=Cc1ccc(O)cc1)C1COCC1C(=O)O. The number of phenolic OH excluding ortho intramolecular Hbond substituents is 1. The van der Waals surface area contributed by atoms with E-state index in [1.54, 1.807) is 25.3 Å². The van der Waals surface area contributed by atoms with Crippen LogP contribution in [0, 0.1) is 5.92 Å². The van der Waals surface area contributed by atoms with Gasteiger partial charge in [0.2, 0.25) is 5.91 Å². The second-order valence-electron chi connectivity index (χ2n) is 4.92. The molecule has 0 bridgehead atoms. The van der Waals surface area contributed by atoms with Crippen LogP contribution in [0.3, 0.4) is 0 Å². The summed E-state index contributed by atoms with van der Waals surface area (Å²) >= 11 is 0. The fraction of sp³-hybridized carbons (Fsp3) is 0.333. The number of carboxylic acid groups (broad SMARTS) is 1. The second kappa shape index (κ2) is 6.41. The Morgan fingerprint density at radius 3 is 2.57 bits per heavy atom. The smallest absolute Gasteiger partial charge is 0.311 e. The molecule has 6 heteroatoms. The minimum atomic E-state index is -0.959. The van der Waals surface area contributed by atoms with Crippen molar-refractivity contribution in [2.75, 3.05) is 20.3 Å². The standard InChI is InChI=1S/C15H17NO5/c1-16(13-9-21-8-12(13)15(19)20)14(18)7-4-10-2-5-11(17)6-3-10/h2-7,12-13,17H,8-9H2,1H3,(H,19,20).